The lowest BCUT2D eigenvalue weighted by Crippen LogP contribution is -2.06. The number of carboxylic acids is 1. The predicted molar refractivity (Wildman–Crippen MR) is 57.2 cm³/mol. The largest absolute Gasteiger partial charge is 0.478 e. The number of carboxylic acid groups (broad SMARTS) is 1. The van der Waals surface area contributed by atoms with Gasteiger partial charge in [0.15, 0.2) is 0 Å². The molecule has 1 rings (SSSR count). The molecule has 0 atom stereocenters. The van der Waals surface area contributed by atoms with Crippen LogP contribution in [0.25, 0.3) is 0 Å². The van der Waals surface area contributed by atoms with Gasteiger partial charge in [-0.25, -0.2) is 4.79 Å². The van der Waals surface area contributed by atoms with Crippen LogP contribution in [0.3, 0.4) is 0 Å². The third-order valence-electron chi connectivity index (χ3n) is 3.12. The highest BCUT2D eigenvalue weighted by Crippen LogP contribution is 2.28. The summed E-state index contributed by atoms with van der Waals surface area (Å²) in [7, 11) is 0. The second-order valence-corrected chi connectivity index (χ2v) is 4.30. The van der Waals surface area contributed by atoms with Crippen LogP contribution in [-0.2, 0) is 4.79 Å². The summed E-state index contributed by atoms with van der Waals surface area (Å²) in [6.07, 6.45) is 9.65. The zero-order chi connectivity index (χ0) is 10.4. The van der Waals surface area contributed by atoms with Crippen LogP contribution >= 0.6 is 0 Å². The summed E-state index contributed by atoms with van der Waals surface area (Å²) < 4.78 is 0. The molecule has 1 fully saturated rings. The molecule has 0 amide bonds. The average molecular weight is 196 g/mol. The van der Waals surface area contributed by atoms with Gasteiger partial charge in [0, 0.05) is 5.57 Å². The molecule has 2 nitrogen and oxygen atoms in total. The molecular weight excluding hydrogens is 176 g/mol. The molecule has 0 bridgehead atoms. The first kappa shape index (κ1) is 11.3. The van der Waals surface area contributed by atoms with E-state index in [-0.39, 0.29) is 0 Å². The summed E-state index contributed by atoms with van der Waals surface area (Å²) in [4.78, 5) is 10.5. The highest BCUT2D eigenvalue weighted by atomic mass is 16.4. The van der Waals surface area contributed by atoms with Crippen molar-refractivity contribution in [1.29, 1.82) is 0 Å². The molecule has 0 spiro atoms. The fourth-order valence-corrected chi connectivity index (χ4v) is 2.19. The van der Waals surface area contributed by atoms with Crippen molar-refractivity contribution in [3.05, 3.63) is 12.2 Å². The van der Waals surface area contributed by atoms with Crippen molar-refractivity contribution < 1.29 is 9.90 Å². The maximum atomic E-state index is 10.5. The summed E-state index contributed by atoms with van der Waals surface area (Å²) in [5, 5.41) is 8.62. The van der Waals surface area contributed by atoms with E-state index in [2.05, 4.69) is 6.58 Å². The number of carbonyl (C=O) groups is 1. The Morgan fingerprint density at radius 2 is 1.93 bits per heavy atom. The Labute approximate surface area is 86.0 Å². The highest BCUT2D eigenvalue weighted by Gasteiger charge is 2.13. The highest BCUT2D eigenvalue weighted by molar-refractivity contribution is 5.85. The summed E-state index contributed by atoms with van der Waals surface area (Å²) in [5.74, 6) is 0.0130. The molecule has 1 saturated carbocycles. The van der Waals surface area contributed by atoms with E-state index in [9.17, 15) is 4.79 Å². The Hall–Kier alpha value is -0.790. The number of rotatable bonds is 5. The molecule has 0 radical (unpaired) electrons. The molecular formula is C12H20O2. The topological polar surface area (TPSA) is 37.3 Å². The van der Waals surface area contributed by atoms with Crippen molar-refractivity contribution >= 4 is 5.97 Å². The minimum absolute atomic E-state index is 0.362. The van der Waals surface area contributed by atoms with Crippen LogP contribution in [-0.4, -0.2) is 11.1 Å². The molecule has 0 unspecified atom stereocenters. The van der Waals surface area contributed by atoms with Crippen molar-refractivity contribution in [2.75, 3.05) is 0 Å². The van der Waals surface area contributed by atoms with Gasteiger partial charge < -0.3 is 5.11 Å². The number of hydrogen-bond donors (Lipinski definition) is 1. The van der Waals surface area contributed by atoms with E-state index in [1.807, 2.05) is 0 Å². The Bertz CT molecular complexity index is 202. The SMILES string of the molecule is C=C(CCCC1CCCCC1)C(=O)O. The Morgan fingerprint density at radius 1 is 1.29 bits per heavy atom. The van der Waals surface area contributed by atoms with Gasteiger partial charge >= 0.3 is 5.97 Å². The monoisotopic (exact) mass is 196 g/mol. The minimum Gasteiger partial charge on any atom is -0.478 e. The Morgan fingerprint density at radius 3 is 2.50 bits per heavy atom. The van der Waals surface area contributed by atoms with Gasteiger partial charge in [-0.05, 0) is 18.8 Å². The minimum atomic E-state index is -0.839. The van der Waals surface area contributed by atoms with Crippen molar-refractivity contribution in [2.45, 2.75) is 51.4 Å². The van der Waals surface area contributed by atoms with Gasteiger partial charge in [0.25, 0.3) is 0 Å². The van der Waals surface area contributed by atoms with Gasteiger partial charge in [-0.3, -0.25) is 0 Å². The van der Waals surface area contributed by atoms with Gasteiger partial charge in [0.2, 0.25) is 0 Å². The van der Waals surface area contributed by atoms with Crippen molar-refractivity contribution in [1.82, 2.24) is 0 Å². The lowest BCUT2D eigenvalue weighted by Gasteiger charge is -2.21. The second kappa shape index (κ2) is 5.84. The van der Waals surface area contributed by atoms with Crippen LogP contribution in [0.5, 0.6) is 0 Å². The molecule has 1 aliphatic carbocycles. The molecule has 1 aliphatic rings. The summed E-state index contributed by atoms with van der Waals surface area (Å²) in [5.41, 5.74) is 0.362. The van der Waals surface area contributed by atoms with Gasteiger partial charge in [-0.15, -0.1) is 0 Å². The first-order valence-electron chi connectivity index (χ1n) is 5.61. The molecule has 0 heterocycles. The normalized spacial score (nSPS) is 18.0. The van der Waals surface area contributed by atoms with Gasteiger partial charge in [-0.2, -0.15) is 0 Å². The molecule has 0 aliphatic heterocycles. The third-order valence-corrected chi connectivity index (χ3v) is 3.12. The van der Waals surface area contributed by atoms with E-state index in [1.165, 1.54) is 38.5 Å². The van der Waals surface area contributed by atoms with Gasteiger partial charge in [0.05, 0.1) is 0 Å². The van der Waals surface area contributed by atoms with Crippen LogP contribution in [0.2, 0.25) is 0 Å². The van der Waals surface area contributed by atoms with Crippen LogP contribution in [0, 0.1) is 5.92 Å². The molecule has 1 N–H and O–H groups in total. The van der Waals surface area contributed by atoms with Crippen LogP contribution < -0.4 is 0 Å². The first-order chi connectivity index (χ1) is 6.70. The quantitative estimate of drug-likeness (QED) is 0.684. The maximum Gasteiger partial charge on any atom is 0.330 e. The van der Waals surface area contributed by atoms with Crippen LogP contribution in [0.4, 0.5) is 0 Å². The standard InChI is InChI=1S/C12H20O2/c1-10(12(13)14)6-5-9-11-7-3-2-4-8-11/h11H,1-9H2,(H,13,14). The van der Waals surface area contributed by atoms with Crippen molar-refractivity contribution in [3.8, 4) is 0 Å². The summed E-state index contributed by atoms with van der Waals surface area (Å²) in [6, 6.07) is 0. The molecule has 0 aromatic heterocycles. The fourth-order valence-electron chi connectivity index (χ4n) is 2.19. The van der Waals surface area contributed by atoms with Gasteiger partial charge in [0.1, 0.15) is 0 Å². The molecule has 0 aromatic carbocycles. The molecule has 14 heavy (non-hydrogen) atoms. The summed E-state index contributed by atoms with van der Waals surface area (Å²) >= 11 is 0. The fraction of sp³-hybridized carbons (Fsp3) is 0.750. The third kappa shape index (κ3) is 3.95. The predicted octanol–water partition coefficient (Wildman–Crippen LogP) is 3.38. The number of hydrogen-bond acceptors (Lipinski definition) is 1. The zero-order valence-electron chi connectivity index (χ0n) is 8.80. The van der Waals surface area contributed by atoms with Crippen molar-refractivity contribution in [2.24, 2.45) is 5.92 Å². The van der Waals surface area contributed by atoms with Gasteiger partial charge in [-0.1, -0.05) is 45.1 Å². The van der Waals surface area contributed by atoms with E-state index in [0.717, 1.165) is 12.3 Å². The molecule has 80 valence electrons. The van der Waals surface area contributed by atoms with E-state index >= 15 is 0 Å². The summed E-state index contributed by atoms with van der Waals surface area (Å²) in [6.45, 7) is 3.54. The van der Waals surface area contributed by atoms with Crippen LogP contribution in [0.15, 0.2) is 12.2 Å². The molecule has 2 heteroatoms. The number of aliphatic carboxylic acids is 1. The maximum absolute atomic E-state index is 10.5. The smallest absolute Gasteiger partial charge is 0.330 e. The lowest BCUT2D eigenvalue weighted by molar-refractivity contribution is -0.132. The van der Waals surface area contributed by atoms with E-state index < -0.39 is 5.97 Å². The first-order valence-corrected chi connectivity index (χ1v) is 5.61. The van der Waals surface area contributed by atoms with E-state index in [1.54, 1.807) is 0 Å². The molecule has 0 saturated heterocycles. The molecule has 0 aromatic rings. The second-order valence-electron chi connectivity index (χ2n) is 4.30. The lowest BCUT2D eigenvalue weighted by atomic mass is 9.85. The van der Waals surface area contributed by atoms with Crippen molar-refractivity contribution in [3.63, 3.8) is 0 Å². The average Bonchev–Trinajstić information content (AvgIpc) is 2.19. The Balaban J connectivity index is 2.08. The van der Waals surface area contributed by atoms with E-state index in [0.29, 0.717) is 12.0 Å². The van der Waals surface area contributed by atoms with Crippen LogP contribution in [0.1, 0.15) is 51.4 Å². The van der Waals surface area contributed by atoms with E-state index in [4.69, 9.17) is 5.11 Å². The Kier molecular flexibility index (Phi) is 4.71. The zero-order valence-corrected chi connectivity index (χ0v) is 8.80.